The monoisotopic (exact) mass is 853 g/mol. The molecule has 1 amide bonds. The molecule has 2 rings (SSSR count). The van der Waals surface area contributed by atoms with Gasteiger partial charge in [-0.1, -0.05) is 64.4 Å². The number of carbonyl (C=O) groups excluding carboxylic acids is 8. The minimum atomic E-state index is -0.167. The number of hydrogen-bond acceptors (Lipinski definition) is 17. The van der Waals surface area contributed by atoms with Gasteiger partial charge in [-0.2, -0.15) is 0 Å². The summed E-state index contributed by atoms with van der Waals surface area (Å²) in [6.45, 7) is 38.8. The van der Waals surface area contributed by atoms with Gasteiger partial charge in [-0.3, -0.25) is 4.79 Å². The first-order valence-corrected chi connectivity index (χ1v) is 17.2. The lowest BCUT2D eigenvalue weighted by molar-refractivity contribution is -0.129. The summed E-state index contributed by atoms with van der Waals surface area (Å²) in [6.07, 6.45) is 5.96. The van der Waals surface area contributed by atoms with Gasteiger partial charge < -0.3 is 89.7 Å². The van der Waals surface area contributed by atoms with Crippen molar-refractivity contribution < 1.29 is 48.2 Å². The molecular formula is C40H100N8O10. The van der Waals surface area contributed by atoms with Gasteiger partial charge in [0.15, 0.2) is 0 Å². The van der Waals surface area contributed by atoms with Crippen LogP contribution in [0.15, 0.2) is 30.3 Å². The van der Waals surface area contributed by atoms with Crippen LogP contribution >= 0.6 is 0 Å². The van der Waals surface area contributed by atoms with E-state index in [1.54, 1.807) is 20.8 Å². The minimum absolute atomic E-state index is 0. The fourth-order valence-corrected chi connectivity index (χ4v) is 2.36. The van der Waals surface area contributed by atoms with E-state index in [1.807, 2.05) is 65.4 Å². The molecule has 0 unspecified atom stereocenters. The van der Waals surface area contributed by atoms with Crippen molar-refractivity contribution >= 4 is 53.4 Å². The number of aliphatic hydroxyl groups excluding tert-OH is 1. The highest BCUT2D eigenvalue weighted by atomic mass is 16.5. The van der Waals surface area contributed by atoms with Crippen molar-refractivity contribution in [3.8, 4) is 0 Å². The van der Waals surface area contributed by atoms with Gasteiger partial charge in [-0.15, -0.1) is 0 Å². The Hall–Kier alpha value is -3.98. The summed E-state index contributed by atoms with van der Waals surface area (Å²) >= 11 is 0. The van der Waals surface area contributed by atoms with E-state index in [1.165, 1.54) is 59.4 Å². The van der Waals surface area contributed by atoms with Crippen molar-refractivity contribution in [2.75, 3.05) is 47.9 Å². The molecule has 18 nitrogen and oxygen atoms in total. The Morgan fingerprint density at radius 1 is 0.638 bits per heavy atom. The smallest absolute Gasteiger partial charge is 0.219 e. The molecule has 1 aromatic carbocycles. The fraction of sp³-hybridized carbons (Fsp3) is 0.650. The summed E-state index contributed by atoms with van der Waals surface area (Å²) in [7, 11) is 6.00. The van der Waals surface area contributed by atoms with Crippen LogP contribution in [0.3, 0.4) is 0 Å². The van der Waals surface area contributed by atoms with Gasteiger partial charge in [-0.25, -0.2) is 0 Å². The maximum Gasteiger partial charge on any atom is 0.219 e. The number of piperidine rings is 1. The normalized spacial score (nSPS) is 8.14. The summed E-state index contributed by atoms with van der Waals surface area (Å²) in [5.74, 6) is 1.12. The summed E-state index contributed by atoms with van der Waals surface area (Å²) in [5.41, 5.74) is 19.5. The molecule has 1 heterocycles. The summed E-state index contributed by atoms with van der Waals surface area (Å²) in [5, 5.41) is 8.06. The highest BCUT2D eigenvalue weighted by molar-refractivity contribution is 5.73. The van der Waals surface area contributed by atoms with Gasteiger partial charge in [0.05, 0.1) is 5.60 Å². The molecular weight excluding hydrogens is 752 g/mol. The van der Waals surface area contributed by atoms with E-state index < -0.39 is 0 Å². The molecule has 18 N–H and O–H groups in total. The van der Waals surface area contributed by atoms with Crippen LogP contribution in [0.25, 0.3) is 0 Å². The number of hydrogen-bond donors (Lipinski definition) is 8. The van der Waals surface area contributed by atoms with Gasteiger partial charge in [0, 0.05) is 32.7 Å². The number of amides is 1. The number of nitrogens with zero attached hydrogens (tertiary/aromatic N) is 1. The molecule has 0 bridgehead atoms. The van der Waals surface area contributed by atoms with Crippen LogP contribution in [-0.4, -0.2) is 123 Å². The van der Waals surface area contributed by atoms with E-state index in [0.717, 1.165) is 32.0 Å². The predicted molar refractivity (Wildman–Crippen MR) is 251 cm³/mol. The van der Waals surface area contributed by atoms with E-state index in [0.29, 0.717) is 0 Å². The first kappa shape index (κ1) is 111. The van der Waals surface area contributed by atoms with Crippen LogP contribution < -0.4 is 41.4 Å². The third kappa shape index (κ3) is 235. The zero-order valence-electron chi connectivity index (χ0n) is 40.1. The topological polar surface area (TPSA) is 378 Å². The number of nitrogens with two attached hydrogens (primary N) is 4. The lowest BCUT2D eigenvalue weighted by Crippen LogP contribution is -2.33. The zero-order valence-corrected chi connectivity index (χ0v) is 40.1. The van der Waals surface area contributed by atoms with E-state index in [9.17, 15) is 4.79 Å². The quantitative estimate of drug-likeness (QED) is 0.198. The molecule has 0 aromatic heterocycles. The number of likely N-dealkylation sites (tertiary alicyclic amines) is 1. The summed E-state index contributed by atoms with van der Waals surface area (Å²) in [6, 6.07) is 10.5. The third-order valence-corrected chi connectivity index (χ3v) is 4.45. The molecule has 1 saturated heterocycles. The largest absolute Gasteiger partial charge is 0.394 e. The SMILES string of the molecule is C=O.C=O.C=O.C=O.C=O.C=O.C=O.CC(=O)N1CCCCC1.CC(C)O.CCC(C)C.CCOC(C)(C)C.CCc1ccccc1.CN.CN.CN.CN.N.N.N. The molecule has 1 aromatic rings. The van der Waals surface area contributed by atoms with Crippen LogP contribution in [0.2, 0.25) is 0 Å². The van der Waals surface area contributed by atoms with Crippen LogP contribution in [0.1, 0.15) is 107 Å². The lowest BCUT2D eigenvalue weighted by Gasteiger charge is -2.24. The molecule has 360 valence electrons. The molecule has 18 heteroatoms. The highest BCUT2D eigenvalue weighted by Crippen LogP contribution is 2.07. The molecule has 58 heavy (non-hydrogen) atoms. The van der Waals surface area contributed by atoms with Gasteiger partial charge in [0.1, 0.15) is 47.5 Å². The first-order chi connectivity index (χ1) is 26.3. The molecule has 0 aliphatic carbocycles. The van der Waals surface area contributed by atoms with Gasteiger partial charge in [0.25, 0.3) is 0 Å². The fourth-order valence-electron chi connectivity index (χ4n) is 2.36. The second-order valence-electron chi connectivity index (χ2n) is 9.85. The zero-order chi connectivity index (χ0) is 48.3. The maximum atomic E-state index is 10.7. The Morgan fingerprint density at radius 2 is 0.879 bits per heavy atom. The Bertz CT molecular complexity index is 642. The highest BCUT2D eigenvalue weighted by Gasteiger charge is 2.11. The Labute approximate surface area is 357 Å². The van der Waals surface area contributed by atoms with Gasteiger partial charge in [-0.05, 0) is 107 Å². The number of aryl methyl sites for hydroxylation is 1. The molecule has 1 aliphatic rings. The predicted octanol–water partition coefficient (Wildman–Crippen LogP) is 5.02. The average Bonchev–Trinajstić information content (AvgIpc) is 3.26. The van der Waals surface area contributed by atoms with Crippen molar-refractivity contribution in [2.24, 2.45) is 28.9 Å². The van der Waals surface area contributed by atoms with Crippen molar-refractivity contribution in [1.82, 2.24) is 23.4 Å². The number of benzene rings is 1. The Morgan fingerprint density at radius 3 is 0.983 bits per heavy atom. The number of carbonyl (C=O) groups is 8. The van der Waals surface area contributed by atoms with Crippen molar-refractivity contribution in [3.63, 3.8) is 0 Å². The molecule has 1 aliphatic heterocycles. The van der Waals surface area contributed by atoms with E-state index in [4.69, 9.17) is 43.4 Å². The van der Waals surface area contributed by atoms with E-state index >= 15 is 0 Å². The number of ether oxygens (including phenoxy) is 1. The van der Waals surface area contributed by atoms with Crippen molar-refractivity contribution in [3.05, 3.63) is 35.9 Å². The van der Waals surface area contributed by atoms with Crippen molar-refractivity contribution in [1.29, 1.82) is 0 Å². The van der Waals surface area contributed by atoms with Crippen LogP contribution in [0.5, 0.6) is 0 Å². The van der Waals surface area contributed by atoms with E-state index in [2.05, 4.69) is 95.7 Å². The van der Waals surface area contributed by atoms with Crippen LogP contribution in [0.4, 0.5) is 0 Å². The molecule has 0 spiro atoms. The van der Waals surface area contributed by atoms with Gasteiger partial charge >= 0.3 is 0 Å². The first-order valence-electron chi connectivity index (χ1n) is 17.2. The third-order valence-electron chi connectivity index (χ3n) is 4.45. The minimum Gasteiger partial charge on any atom is -0.394 e. The molecule has 1 fully saturated rings. The second kappa shape index (κ2) is 149. The van der Waals surface area contributed by atoms with Crippen LogP contribution in [0, 0.1) is 5.92 Å². The lowest BCUT2D eigenvalue weighted by atomic mass is 10.1. The summed E-state index contributed by atoms with van der Waals surface area (Å²) in [4.78, 5) is 68.6. The van der Waals surface area contributed by atoms with Gasteiger partial charge in [0.2, 0.25) is 5.91 Å². The summed E-state index contributed by atoms with van der Waals surface area (Å²) < 4.78 is 5.23. The molecule has 0 atom stereocenters. The number of rotatable bonds is 3. The second-order valence-corrected chi connectivity index (χ2v) is 9.85. The van der Waals surface area contributed by atoms with Crippen molar-refractivity contribution in [2.45, 2.75) is 120 Å². The maximum absolute atomic E-state index is 10.7. The van der Waals surface area contributed by atoms with E-state index in [-0.39, 0.29) is 36.1 Å². The number of aliphatic hydroxyl groups is 1. The Balaban J connectivity index is -0.0000000216. The van der Waals surface area contributed by atoms with Crippen LogP contribution in [-0.2, 0) is 49.5 Å². The standard InChI is InChI=1S/C8H10.C7H13NO.C6H14O.C5H12.C3H8O.4CH5N.7CH2O.3H3N/c1-2-8-6-4-3-5-7-8;1-7(9)8-5-3-2-4-6-8;1-5-7-6(2,3)4;1-4-5(2)3;1-3(2)4;11*1-2;;;/h3-7H,2H2,1H3;2-6H2,1H3;5H2,1-4H3;5H,4H2,1-3H3;3-4H,1-2H3;4*2H2,1H3;7*1H2;3*1H3. The average molecular weight is 853 g/mol. The molecule has 0 radical (unpaired) electrons. The Kier molecular flexibility index (Phi) is 285. The molecule has 0 saturated carbocycles.